The first-order chi connectivity index (χ1) is 18.3. The van der Waals surface area contributed by atoms with E-state index < -0.39 is 11.7 Å². The van der Waals surface area contributed by atoms with Crippen molar-refractivity contribution in [2.75, 3.05) is 11.1 Å². The monoisotopic (exact) mass is 551 g/mol. The lowest BCUT2D eigenvalue weighted by atomic mass is 10.1. The highest BCUT2D eigenvalue weighted by Gasteiger charge is 2.15. The molecule has 38 heavy (non-hydrogen) atoms. The van der Waals surface area contributed by atoms with Crippen molar-refractivity contribution in [3.8, 4) is 5.75 Å². The summed E-state index contributed by atoms with van der Waals surface area (Å²) in [5, 5.41) is 5.82. The highest BCUT2D eigenvalue weighted by atomic mass is 32.2. The molecule has 0 saturated heterocycles. The Bertz CT molecular complexity index is 1410. The maximum atomic E-state index is 14.5. The second kappa shape index (κ2) is 12.9. The standard InChI is InChI=1S/C29H30FN3O3S2/c1-4-8-18(2)36-25-14-11-21(15-23(25)30)28(35)32-22-12-13-24-26(16-22)38-29(33-24)37-17-27(34)31-19(3)20-9-6-5-7-10-20/h5-7,9-16,18-19H,4,8,17H2,1-3H3,(H,31,34)(H,32,35)/t18?,19-/m0/s1. The van der Waals surface area contributed by atoms with Gasteiger partial charge >= 0.3 is 0 Å². The number of benzene rings is 3. The Labute approximate surface area is 230 Å². The van der Waals surface area contributed by atoms with Crippen LogP contribution in [-0.2, 0) is 4.79 Å². The van der Waals surface area contributed by atoms with Gasteiger partial charge in [0.05, 0.1) is 28.1 Å². The van der Waals surface area contributed by atoms with E-state index in [1.807, 2.05) is 63.2 Å². The summed E-state index contributed by atoms with van der Waals surface area (Å²) in [5.74, 6) is -0.658. The molecule has 0 bridgehead atoms. The number of aromatic nitrogens is 1. The molecule has 1 heterocycles. The van der Waals surface area contributed by atoms with Crippen molar-refractivity contribution in [3.63, 3.8) is 0 Å². The Morgan fingerprint density at radius 2 is 1.87 bits per heavy atom. The van der Waals surface area contributed by atoms with E-state index in [2.05, 4.69) is 15.6 Å². The number of thioether (sulfide) groups is 1. The number of carbonyl (C=O) groups is 2. The summed E-state index contributed by atoms with van der Waals surface area (Å²) in [4.78, 5) is 29.7. The molecule has 3 aromatic carbocycles. The fourth-order valence-electron chi connectivity index (χ4n) is 3.90. The van der Waals surface area contributed by atoms with E-state index in [0.717, 1.165) is 33.0 Å². The molecule has 0 saturated carbocycles. The van der Waals surface area contributed by atoms with Gasteiger partial charge in [-0.05, 0) is 62.2 Å². The Balaban J connectivity index is 1.34. The van der Waals surface area contributed by atoms with Crippen molar-refractivity contribution < 1.29 is 18.7 Å². The van der Waals surface area contributed by atoms with Gasteiger partial charge in [-0.15, -0.1) is 11.3 Å². The molecule has 2 atom stereocenters. The smallest absolute Gasteiger partial charge is 0.255 e. The molecule has 0 aliphatic rings. The van der Waals surface area contributed by atoms with Crippen LogP contribution in [0.4, 0.5) is 10.1 Å². The lowest BCUT2D eigenvalue weighted by Gasteiger charge is -2.14. The molecule has 2 amide bonds. The number of halogens is 1. The first-order valence-electron chi connectivity index (χ1n) is 12.5. The Kier molecular flexibility index (Phi) is 9.36. The maximum Gasteiger partial charge on any atom is 0.255 e. The van der Waals surface area contributed by atoms with Crippen LogP contribution >= 0.6 is 23.1 Å². The predicted molar refractivity (Wildman–Crippen MR) is 153 cm³/mol. The number of nitrogens with one attached hydrogen (secondary N) is 2. The van der Waals surface area contributed by atoms with Crippen LogP contribution in [0.1, 0.15) is 55.6 Å². The maximum absolute atomic E-state index is 14.5. The van der Waals surface area contributed by atoms with Crippen molar-refractivity contribution in [1.29, 1.82) is 0 Å². The van der Waals surface area contributed by atoms with Crippen LogP contribution < -0.4 is 15.4 Å². The fourth-order valence-corrected chi connectivity index (χ4v) is 5.82. The van der Waals surface area contributed by atoms with Crippen LogP contribution in [0.2, 0.25) is 0 Å². The van der Waals surface area contributed by atoms with E-state index >= 15 is 0 Å². The highest BCUT2D eigenvalue weighted by molar-refractivity contribution is 8.01. The fraction of sp³-hybridized carbons (Fsp3) is 0.276. The number of ether oxygens (including phenoxy) is 1. The van der Waals surface area contributed by atoms with E-state index in [-0.39, 0.29) is 35.1 Å². The molecular formula is C29H30FN3O3S2. The SMILES string of the molecule is CCCC(C)Oc1ccc(C(=O)Nc2ccc3nc(SCC(=O)N[C@@H](C)c4ccccc4)sc3c2)cc1F. The molecule has 6 nitrogen and oxygen atoms in total. The van der Waals surface area contributed by atoms with Gasteiger partial charge in [-0.2, -0.15) is 0 Å². The normalized spacial score (nSPS) is 12.6. The van der Waals surface area contributed by atoms with Gasteiger partial charge in [0.2, 0.25) is 5.91 Å². The zero-order valence-electron chi connectivity index (χ0n) is 21.5. The van der Waals surface area contributed by atoms with Crippen LogP contribution in [-0.4, -0.2) is 28.7 Å². The molecule has 4 rings (SSSR count). The van der Waals surface area contributed by atoms with Gasteiger partial charge in [0.1, 0.15) is 0 Å². The van der Waals surface area contributed by atoms with Gasteiger partial charge < -0.3 is 15.4 Å². The van der Waals surface area contributed by atoms with Crippen molar-refractivity contribution in [2.24, 2.45) is 0 Å². The van der Waals surface area contributed by atoms with Gasteiger partial charge in [0.25, 0.3) is 5.91 Å². The summed E-state index contributed by atoms with van der Waals surface area (Å²) < 4.78 is 21.8. The van der Waals surface area contributed by atoms with E-state index in [9.17, 15) is 14.0 Å². The number of rotatable bonds is 11. The molecule has 9 heteroatoms. The number of thiazole rings is 1. The van der Waals surface area contributed by atoms with Gasteiger partial charge in [-0.25, -0.2) is 9.37 Å². The minimum atomic E-state index is -0.567. The third-order valence-corrected chi connectivity index (χ3v) is 8.01. The molecule has 198 valence electrons. The highest BCUT2D eigenvalue weighted by Crippen LogP contribution is 2.31. The Morgan fingerprint density at radius 3 is 2.61 bits per heavy atom. The predicted octanol–water partition coefficient (Wildman–Crippen LogP) is 7.22. The molecule has 1 unspecified atom stereocenters. The minimum absolute atomic E-state index is 0.0676. The third kappa shape index (κ3) is 7.33. The zero-order valence-corrected chi connectivity index (χ0v) is 23.1. The zero-order chi connectivity index (χ0) is 27.1. The summed E-state index contributed by atoms with van der Waals surface area (Å²) in [5.41, 5.74) is 2.61. The summed E-state index contributed by atoms with van der Waals surface area (Å²) in [7, 11) is 0. The first-order valence-corrected chi connectivity index (χ1v) is 14.3. The number of nitrogens with zero attached hydrogens (tertiary/aromatic N) is 1. The summed E-state index contributed by atoms with van der Waals surface area (Å²) in [6.07, 6.45) is 1.66. The number of fused-ring (bicyclic) bond motifs is 1. The Hall–Kier alpha value is -3.43. The van der Waals surface area contributed by atoms with E-state index in [0.29, 0.717) is 5.69 Å². The van der Waals surface area contributed by atoms with Gasteiger partial charge in [0.15, 0.2) is 15.9 Å². The van der Waals surface area contributed by atoms with Crippen LogP contribution in [0.25, 0.3) is 10.2 Å². The molecule has 0 radical (unpaired) electrons. The van der Waals surface area contributed by atoms with Crippen molar-refractivity contribution >= 4 is 50.8 Å². The largest absolute Gasteiger partial charge is 0.488 e. The molecule has 2 N–H and O–H groups in total. The van der Waals surface area contributed by atoms with Crippen LogP contribution in [0.5, 0.6) is 5.75 Å². The second-order valence-electron chi connectivity index (χ2n) is 8.97. The number of anilines is 1. The first kappa shape index (κ1) is 27.6. The van der Waals surface area contributed by atoms with Crippen LogP contribution in [0, 0.1) is 5.82 Å². The second-order valence-corrected chi connectivity index (χ2v) is 11.2. The van der Waals surface area contributed by atoms with Crippen molar-refractivity contribution in [2.45, 2.75) is 50.1 Å². The van der Waals surface area contributed by atoms with Crippen LogP contribution in [0.15, 0.2) is 71.1 Å². The molecule has 0 aliphatic carbocycles. The molecule has 0 spiro atoms. The van der Waals surface area contributed by atoms with Crippen molar-refractivity contribution in [3.05, 3.63) is 83.7 Å². The average Bonchev–Trinajstić information content (AvgIpc) is 3.31. The Morgan fingerprint density at radius 1 is 1.08 bits per heavy atom. The number of hydrogen-bond acceptors (Lipinski definition) is 6. The summed E-state index contributed by atoms with van der Waals surface area (Å²) in [6, 6.07) is 19.4. The van der Waals surface area contributed by atoms with E-state index in [1.165, 1.54) is 35.2 Å². The van der Waals surface area contributed by atoms with Crippen molar-refractivity contribution in [1.82, 2.24) is 10.3 Å². The molecule has 0 aliphatic heterocycles. The third-order valence-electron chi connectivity index (χ3n) is 5.85. The van der Waals surface area contributed by atoms with E-state index in [4.69, 9.17) is 4.74 Å². The van der Waals surface area contributed by atoms with Gasteiger partial charge in [-0.3, -0.25) is 9.59 Å². The molecule has 0 fully saturated rings. The molecule has 1 aromatic heterocycles. The lowest BCUT2D eigenvalue weighted by molar-refractivity contribution is -0.119. The summed E-state index contributed by atoms with van der Waals surface area (Å²) >= 11 is 2.82. The van der Waals surface area contributed by atoms with Gasteiger partial charge in [0, 0.05) is 11.3 Å². The molecule has 4 aromatic rings. The number of carbonyl (C=O) groups excluding carboxylic acids is 2. The molecular weight excluding hydrogens is 521 g/mol. The van der Waals surface area contributed by atoms with Gasteiger partial charge in [-0.1, -0.05) is 55.4 Å². The summed E-state index contributed by atoms with van der Waals surface area (Å²) in [6.45, 7) is 5.89. The minimum Gasteiger partial charge on any atom is -0.488 e. The van der Waals surface area contributed by atoms with Crippen LogP contribution in [0.3, 0.4) is 0 Å². The van der Waals surface area contributed by atoms with E-state index in [1.54, 1.807) is 12.1 Å². The number of hydrogen-bond donors (Lipinski definition) is 2. The topological polar surface area (TPSA) is 80.3 Å². The average molecular weight is 552 g/mol. The quantitative estimate of drug-likeness (QED) is 0.192. The number of amides is 2. The lowest BCUT2D eigenvalue weighted by Crippen LogP contribution is -2.28.